The molecule has 0 aromatic heterocycles. The Kier molecular flexibility index (Phi) is 3.51. The highest BCUT2D eigenvalue weighted by molar-refractivity contribution is 7.93. The van der Waals surface area contributed by atoms with Crippen molar-refractivity contribution in [3.05, 3.63) is 24.3 Å². The average Bonchev–Trinajstić information content (AvgIpc) is 2.33. The zero-order valence-corrected chi connectivity index (χ0v) is 10.0. The van der Waals surface area contributed by atoms with Gasteiger partial charge in [-0.3, -0.25) is 4.72 Å². The fraction of sp³-hybridized carbons (Fsp3) is 0.400. The first kappa shape index (κ1) is 12.2. The van der Waals surface area contributed by atoms with E-state index in [-0.39, 0.29) is 0 Å². The van der Waals surface area contributed by atoms with Crippen LogP contribution in [0.25, 0.3) is 0 Å². The van der Waals surface area contributed by atoms with Gasteiger partial charge in [0.15, 0.2) is 5.44 Å². The number of benzene rings is 1. The molecule has 1 aliphatic rings. The summed E-state index contributed by atoms with van der Waals surface area (Å²) >= 11 is 0. The molecule has 1 aliphatic heterocycles. The van der Waals surface area contributed by atoms with Gasteiger partial charge in [-0.25, -0.2) is 8.42 Å². The highest BCUT2D eigenvalue weighted by Gasteiger charge is 2.28. The normalized spacial score (nSPS) is 21.1. The van der Waals surface area contributed by atoms with Crippen LogP contribution in [0.15, 0.2) is 24.3 Å². The summed E-state index contributed by atoms with van der Waals surface area (Å²) in [6.07, 6.45) is 0. The SMILES string of the molecule is Nc1ccc(NS(=O)(=O)C2CNCCO2)cc1. The standard InChI is InChI=1S/C10H15N3O3S/c11-8-1-3-9(4-2-8)13-17(14,15)10-7-12-5-6-16-10/h1-4,10,12-13H,5-7,11H2. The minimum atomic E-state index is -3.52. The van der Waals surface area contributed by atoms with Gasteiger partial charge in [0.1, 0.15) is 0 Å². The molecule has 0 saturated carbocycles. The quantitative estimate of drug-likeness (QED) is 0.660. The molecule has 6 nitrogen and oxygen atoms in total. The van der Waals surface area contributed by atoms with E-state index in [4.69, 9.17) is 10.5 Å². The van der Waals surface area contributed by atoms with Crippen LogP contribution in [0.4, 0.5) is 11.4 Å². The topological polar surface area (TPSA) is 93.5 Å². The maximum Gasteiger partial charge on any atom is 0.261 e. The smallest absolute Gasteiger partial charge is 0.261 e. The first-order chi connectivity index (χ1) is 8.08. The molecule has 1 saturated heterocycles. The number of ether oxygens (including phenoxy) is 1. The largest absolute Gasteiger partial charge is 0.399 e. The summed E-state index contributed by atoms with van der Waals surface area (Å²) < 4.78 is 31.5. The summed E-state index contributed by atoms with van der Waals surface area (Å²) in [5.41, 5.74) is 5.73. The Morgan fingerprint density at radius 2 is 2.06 bits per heavy atom. The number of hydrogen-bond donors (Lipinski definition) is 3. The monoisotopic (exact) mass is 257 g/mol. The van der Waals surface area contributed by atoms with E-state index in [2.05, 4.69) is 10.0 Å². The first-order valence-electron chi connectivity index (χ1n) is 5.27. The molecular formula is C10H15N3O3S. The number of sulfonamides is 1. The second-order valence-electron chi connectivity index (χ2n) is 3.77. The van der Waals surface area contributed by atoms with E-state index in [1.807, 2.05) is 0 Å². The molecule has 1 atom stereocenters. The van der Waals surface area contributed by atoms with Gasteiger partial charge in [-0.05, 0) is 24.3 Å². The van der Waals surface area contributed by atoms with Crippen molar-refractivity contribution >= 4 is 21.4 Å². The highest BCUT2D eigenvalue weighted by atomic mass is 32.2. The van der Waals surface area contributed by atoms with E-state index in [1.165, 1.54) is 0 Å². The van der Waals surface area contributed by atoms with Crippen LogP contribution in [0.3, 0.4) is 0 Å². The Bertz CT molecular complexity index is 466. The van der Waals surface area contributed by atoms with Crippen LogP contribution >= 0.6 is 0 Å². The summed E-state index contributed by atoms with van der Waals surface area (Å²) in [7, 11) is -3.52. The summed E-state index contributed by atoms with van der Waals surface area (Å²) in [6, 6.07) is 6.50. The van der Waals surface area contributed by atoms with Crippen molar-refractivity contribution in [3.63, 3.8) is 0 Å². The average molecular weight is 257 g/mol. The molecule has 1 aromatic carbocycles. The molecule has 2 rings (SSSR count). The van der Waals surface area contributed by atoms with Crippen molar-refractivity contribution in [2.75, 3.05) is 30.2 Å². The lowest BCUT2D eigenvalue weighted by Crippen LogP contribution is -2.45. The molecule has 0 amide bonds. The summed E-state index contributed by atoms with van der Waals surface area (Å²) in [6.45, 7) is 1.37. The highest BCUT2D eigenvalue weighted by Crippen LogP contribution is 2.15. The number of rotatable bonds is 3. The third kappa shape index (κ3) is 3.09. The number of nitrogens with two attached hydrogens (primary N) is 1. The number of nitrogen functional groups attached to an aromatic ring is 1. The molecule has 7 heteroatoms. The van der Waals surface area contributed by atoms with Crippen LogP contribution < -0.4 is 15.8 Å². The molecule has 1 fully saturated rings. The Labute approximate surface area is 100 Å². The Hall–Kier alpha value is -1.31. The van der Waals surface area contributed by atoms with Crippen molar-refractivity contribution in [3.8, 4) is 0 Å². The molecule has 0 aliphatic carbocycles. The zero-order chi connectivity index (χ0) is 12.3. The van der Waals surface area contributed by atoms with Gasteiger partial charge in [-0.15, -0.1) is 0 Å². The number of morpholine rings is 1. The predicted octanol–water partition coefficient (Wildman–Crippen LogP) is -0.0436. The Balaban J connectivity index is 2.08. The van der Waals surface area contributed by atoms with Crippen LogP contribution in [0.1, 0.15) is 0 Å². The molecule has 94 valence electrons. The second-order valence-corrected chi connectivity index (χ2v) is 5.59. The van der Waals surface area contributed by atoms with Gasteiger partial charge in [0.25, 0.3) is 10.0 Å². The fourth-order valence-corrected chi connectivity index (χ4v) is 2.73. The van der Waals surface area contributed by atoms with E-state index in [0.29, 0.717) is 31.1 Å². The van der Waals surface area contributed by atoms with Crippen LogP contribution in [-0.4, -0.2) is 33.6 Å². The molecule has 1 unspecified atom stereocenters. The molecule has 0 spiro atoms. The van der Waals surface area contributed by atoms with Crippen molar-refractivity contribution < 1.29 is 13.2 Å². The van der Waals surface area contributed by atoms with Crippen LogP contribution in [-0.2, 0) is 14.8 Å². The van der Waals surface area contributed by atoms with Gasteiger partial charge in [0, 0.05) is 24.5 Å². The van der Waals surface area contributed by atoms with Crippen molar-refractivity contribution in [1.82, 2.24) is 5.32 Å². The van der Waals surface area contributed by atoms with Gasteiger partial charge >= 0.3 is 0 Å². The maximum absolute atomic E-state index is 11.9. The Morgan fingerprint density at radius 3 is 2.65 bits per heavy atom. The molecular weight excluding hydrogens is 242 g/mol. The van der Waals surface area contributed by atoms with Gasteiger partial charge < -0.3 is 15.8 Å². The lowest BCUT2D eigenvalue weighted by molar-refractivity contribution is 0.0789. The maximum atomic E-state index is 11.9. The van der Waals surface area contributed by atoms with E-state index in [0.717, 1.165) is 0 Å². The second kappa shape index (κ2) is 4.91. The van der Waals surface area contributed by atoms with Crippen molar-refractivity contribution in [2.24, 2.45) is 0 Å². The third-order valence-electron chi connectivity index (χ3n) is 2.41. The number of nitrogens with one attached hydrogen (secondary N) is 2. The lowest BCUT2D eigenvalue weighted by atomic mass is 10.3. The van der Waals surface area contributed by atoms with E-state index in [1.54, 1.807) is 24.3 Å². The molecule has 0 bridgehead atoms. The van der Waals surface area contributed by atoms with Gasteiger partial charge in [-0.2, -0.15) is 0 Å². The van der Waals surface area contributed by atoms with E-state index < -0.39 is 15.5 Å². The van der Waals surface area contributed by atoms with Crippen LogP contribution in [0.5, 0.6) is 0 Å². The summed E-state index contributed by atoms with van der Waals surface area (Å²) in [5.74, 6) is 0. The minimum absolute atomic E-state index is 0.296. The van der Waals surface area contributed by atoms with Gasteiger partial charge in [0.2, 0.25) is 0 Å². The van der Waals surface area contributed by atoms with Crippen molar-refractivity contribution in [2.45, 2.75) is 5.44 Å². The van der Waals surface area contributed by atoms with Crippen molar-refractivity contribution in [1.29, 1.82) is 0 Å². The van der Waals surface area contributed by atoms with Crippen LogP contribution in [0, 0.1) is 0 Å². The molecule has 1 aromatic rings. The Morgan fingerprint density at radius 1 is 1.35 bits per heavy atom. The predicted molar refractivity (Wildman–Crippen MR) is 66.0 cm³/mol. The fourth-order valence-electron chi connectivity index (χ4n) is 1.52. The number of hydrogen-bond acceptors (Lipinski definition) is 5. The minimum Gasteiger partial charge on any atom is -0.399 e. The van der Waals surface area contributed by atoms with E-state index in [9.17, 15) is 8.42 Å². The summed E-state index contributed by atoms with van der Waals surface area (Å²) in [4.78, 5) is 0. The first-order valence-corrected chi connectivity index (χ1v) is 6.82. The molecule has 0 radical (unpaired) electrons. The molecule has 4 N–H and O–H groups in total. The van der Waals surface area contributed by atoms with Crippen LogP contribution in [0.2, 0.25) is 0 Å². The van der Waals surface area contributed by atoms with Gasteiger partial charge in [0.05, 0.1) is 6.61 Å². The summed E-state index contributed by atoms with van der Waals surface area (Å²) in [5, 5.41) is 2.97. The number of anilines is 2. The lowest BCUT2D eigenvalue weighted by Gasteiger charge is -2.23. The third-order valence-corrected chi connectivity index (χ3v) is 3.93. The molecule has 17 heavy (non-hydrogen) atoms. The molecule has 1 heterocycles. The van der Waals surface area contributed by atoms with Gasteiger partial charge in [-0.1, -0.05) is 0 Å². The van der Waals surface area contributed by atoms with E-state index >= 15 is 0 Å². The zero-order valence-electron chi connectivity index (χ0n) is 9.22.